The van der Waals surface area contributed by atoms with Crippen molar-refractivity contribution in [2.75, 3.05) is 0 Å². The predicted octanol–water partition coefficient (Wildman–Crippen LogP) is 7.31. The molecule has 0 fully saturated rings. The first kappa shape index (κ1) is 43.8. The fraction of sp³-hybridized carbons (Fsp3) is 0.333. The van der Waals surface area contributed by atoms with E-state index in [4.69, 9.17) is 0 Å². The second kappa shape index (κ2) is 17.5. The number of benzene rings is 4. The summed E-state index contributed by atoms with van der Waals surface area (Å²) in [6.07, 6.45) is 11.0. The van der Waals surface area contributed by atoms with E-state index in [1.54, 1.807) is 0 Å². The van der Waals surface area contributed by atoms with Gasteiger partial charge in [0.25, 0.3) is 0 Å². The van der Waals surface area contributed by atoms with Gasteiger partial charge in [-0.05, 0) is 58.4 Å². The third-order valence-corrected chi connectivity index (χ3v) is 12.5. The molecule has 0 radical (unpaired) electrons. The van der Waals surface area contributed by atoms with Crippen molar-refractivity contribution in [3.63, 3.8) is 0 Å². The van der Waals surface area contributed by atoms with Gasteiger partial charge in [-0.2, -0.15) is 28.8 Å². The molecule has 3 aliphatic rings. The van der Waals surface area contributed by atoms with Crippen LogP contribution in [0.1, 0.15) is 138 Å². The van der Waals surface area contributed by atoms with Gasteiger partial charge in [0.15, 0.2) is 0 Å². The molecule has 0 N–H and O–H groups in total. The SMILES string of the molecule is CC1=[C-]C(C)(C)c2cc3c(cc21)-c1cc2c(cc1C3)C(C)(C)C=C2C.CCCCc1cc(C(C)(C)C)c[cH-]1.[Cl-].[Cl-].[Zr+2]=[C](c1ccccc1)c1ccccc1. The Labute approximate surface area is 354 Å². The van der Waals surface area contributed by atoms with E-state index < -0.39 is 0 Å². The summed E-state index contributed by atoms with van der Waals surface area (Å²) >= 11 is 1.46. The molecule has 0 amide bonds. The number of hydrogen-bond donors (Lipinski definition) is 0. The van der Waals surface area contributed by atoms with E-state index in [1.165, 1.54) is 125 Å². The van der Waals surface area contributed by atoms with Crippen LogP contribution < -0.4 is 24.8 Å². The zero-order valence-corrected chi connectivity index (χ0v) is 37.9. The Morgan fingerprint density at radius 2 is 1.28 bits per heavy atom. The minimum atomic E-state index is 0. The molecule has 0 nitrogen and oxygen atoms in total. The van der Waals surface area contributed by atoms with Crippen molar-refractivity contribution in [2.45, 2.75) is 111 Å². The van der Waals surface area contributed by atoms with Gasteiger partial charge in [-0.3, -0.25) is 6.08 Å². The monoisotopic (exact) mass is 828 g/mol. The van der Waals surface area contributed by atoms with Crippen molar-refractivity contribution >= 4 is 14.4 Å². The van der Waals surface area contributed by atoms with Crippen molar-refractivity contribution in [1.29, 1.82) is 0 Å². The number of rotatable bonds is 5. The van der Waals surface area contributed by atoms with Crippen LogP contribution in [0.3, 0.4) is 0 Å². The molecule has 0 heterocycles. The number of fused-ring (bicyclic) bond motifs is 5. The molecule has 8 rings (SSSR count). The number of unbranched alkanes of at least 4 members (excludes halogenated alkanes) is 1. The van der Waals surface area contributed by atoms with Gasteiger partial charge in [0.1, 0.15) is 0 Å². The quantitative estimate of drug-likeness (QED) is 0.160. The molecular weight excluding hydrogens is 775 g/mol. The van der Waals surface area contributed by atoms with Gasteiger partial charge in [-0.15, -0.1) is 11.6 Å². The Hall–Kier alpha value is -2.96. The number of halogens is 2. The van der Waals surface area contributed by atoms with Gasteiger partial charge in [-0.25, -0.2) is 11.6 Å². The molecule has 0 unspecified atom stereocenters. The molecule has 0 aliphatic heterocycles. The molecule has 0 aromatic heterocycles. The molecule has 0 bridgehead atoms. The first-order valence-corrected chi connectivity index (χ1v) is 20.4. The van der Waals surface area contributed by atoms with E-state index in [9.17, 15) is 0 Å². The van der Waals surface area contributed by atoms with Crippen LogP contribution in [0, 0.1) is 6.08 Å². The topological polar surface area (TPSA) is 0 Å². The summed E-state index contributed by atoms with van der Waals surface area (Å²) < 4.78 is 1.42. The van der Waals surface area contributed by atoms with Gasteiger partial charge in [0.2, 0.25) is 0 Å². The van der Waals surface area contributed by atoms with E-state index in [2.05, 4.69) is 185 Å². The van der Waals surface area contributed by atoms with E-state index in [0.29, 0.717) is 5.41 Å². The summed E-state index contributed by atoms with van der Waals surface area (Å²) in [6, 6.07) is 37.8. The molecule has 3 aliphatic carbocycles. The maximum atomic E-state index is 3.65. The summed E-state index contributed by atoms with van der Waals surface area (Å²) in [5.74, 6) is 0. The molecule has 280 valence electrons. The van der Waals surface area contributed by atoms with Crippen LogP contribution >= 0.6 is 0 Å². The molecule has 5 aromatic carbocycles. The van der Waals surface area contributed by atoms with E-state index >= 15 is 0 Å². The van der Waals surface area contributed by atoms with Gasteiger partial charge in [0.05, 0.1) is 0 Å². The molecule has 0 spiro atoms. The van der Waals surface area contributed by atoms with E-state index in [0.717, 1.165) is 6.42 Å². The Bertz CT molecular complexity index is 2030. The maximum absolute atomic E-state index is 3.65. The summed E-state index contributed by atoms with van der Waals surface area (Å²) in [6.45, 7) is 22.7. The number of aryl methyl sites for hydroxylation is 1. The van der Waals surface area contributed by atoms with Crippen molar-refractivity contribution < 1.29 is 49.0 Å². The Balaban J connectivity index is 0.000000193. The van der Waals surface area contributed by atoms with Gasteiger partial charge < -0.3 is 24.8 Å². The molecule has 5 aromatic rings. The zero-order valence-electron chi connectivity index (χ0n) is 34.0. The average molecular weight is 831 g/mol. The van der Waals surface area contributed by atoms with Crippen LogP contribution in [0.2, 0.25) is 0 Å². The Kier molecular flexibility index (Phi) is 14.1. The summed E-state index contributed by atoms with van der Waals surface area (Å²) in [5.41, 5.74) is 20.5. The third-order valence-electron chi connectivity index (χ3n) is 11.1. The van der Waals surface area contributed by atoms with Crippen LogP contribution in [0.4, 0.5) is 0 Å². The predicted molar refractivity (Wildman–Crippen MR) is 222 cm³/mol. The van der Waals surface area contributed by atoms with Crippen molar-refractivity contribution in [3.8, 4) is 11.1 Å². The van der Waals surface area contributed by atoms with Gasteiger partial charge in [-0.1, -0.05) is 111 Å². The summed E-state index contributed by atoms with van der Waals surface area (Å²) in [7, 11) is 0. The second-order valence-electron chi connectivity index (χ2n) is 17.2. The van der Waals surface area contributed by atoms with Gasteiger partial charge in [0, 0.05) is 5.41 Å². The van der Waals surface area contributed by atoms with Crippen molar-refractivity contribution in [3.05, 3.63) is 171 Å². The Morgan fingerprint density at radius 1 is 0.741 bits per heavy atom. The molecule has 3 heteroatoms. The third kappa shape index (κ3) is 9.35. The van der Waals surface area contributed by atoms with Gasteiger partial charge >= 0.3 is 99.2 Å². The Morgan fingerprint density at radius 3 is 1.80 bits per heavy atom. The fourth-order valence-electron chi connectivity index (χ4n) is 8.15. The number of hydrogen-bond acceptors (Lipinski definition) is 0. The zero-order chi connectivity index (χ0) is 37.4. The van der Waals surface area contributed by atoms with Crippen LogP contribution in [-0.4, -0.2) is 3.21 Å². The molecule has 0 saturated heterocycles. The fourth-order valence-corrected chi connectivity index (χ4v) is 8.97. The normalized spacial score (nSPS) is 15.0. The second-order valence-corrected chi connectivity index (χ2v) is 18.4. The minimum absolute atomic E-state index is 0. The summed E-state index contributed by atoms with van der Waals surface area (Å²) in [4.78, 5) is 0. The molecular formula is C51H56Cl2Zr-2. The summed E-state index contributed by atoms with van der Waals surface area (Å²) in [5, 5.41) is 0. The van der Waals surface area contributed by atoms with Crippen LogP contribution in [0.5, 0.6) is 0 Å². The first-order valence-electron chi connectivity index (χ1n) is 19.2. The molecule has 0 saturated carbocycles. The number of allylic oxidation sites excluding steroid dienone is 4. The van der Waals surface area contributed by atoms with Crippen molar-refractivity contribution in [1.82, 2.24) is 0 Å². The van der Waals surface area contributed by atoms with E-state index in [1.807, 2.05) is 0 Å². The van der Waals surface area contributed by atoms with Crippen LogP contribution in [0.15, 0.2) is 109 Å². The molecule has 0 atom stereocenters. The first-order chi connectivity index (χ1) is 24.6. The average Bonchev–Trinajstić information content (AvgIpc) is 3.84. The van der Waals surface area contributed by atoms with Crippen LogP contribution in [-0.2, 0) is 53.3 Å². The molecule has 54 heavy (non-hydrogen) atoms. The standard InChI is InChI=1S/C25H25.C13H10.C13H21.2ClH.Zr/c1-14-12-24(3,4)22-8-16-7-17-9-23-19(15(2)13-25(23,5)6)11-21(17)20(16)10-18(14)22;1-3-7-12(8-4-1)11-13-9-5-2-6-10-13;1-5-6-7-11-8-9-12(10-11)13(2,3)4;;;/h8-12H,7H2,1-6H3;1-10H;8-10H,5-7H2,1-4H3;2*1H;/q-1;;-1;;;+2/p-2. The van der Waals surface area contributed by atoms with E-state index in [-0.39, 0.29) is 35.6 Å². The van der Waals surface area contributed by atoms with Crippen molar-refractivity contribution in [2.24, 2.45) is 0 Å². The van der Waals surface area contributed by atoms with Crippen LogP contribution in [0.25, 0.3) is 22.3 Å².